The van der Waals surface area contributed by atoms with Gasteiger partial charge in [0.1, 0.15) is 5.78 Å². The van der Waals surface area contributed by atoms with Gasteiger partial charge in [-0.25, -0.2) is 0 Å². The number of Topliss-reactive ketones (excluding diaryl/α,β-unsaturated/α-hetero) is 1. The molecule has 2 aliphatic rings. The molecule has 0 bridgehead atoms. The standard InChI is InChI=1S/C11H20O3.C9H14O3/c1-3-14-11(13)8(2)9-4-6-10(12)7-5-9;1-6(9(11)12)7-2-4-8(10)5-3-7/h8-10,12H,3-7H2,1-2H3;6-7H,2-5H2,1H3,(H,11,12). The number of carbonyl (C=O) groups is 3. The molecule has 6 heteroatoms. The van der Waals surface area contributed by atoms with E-state index in [4.69, 9.17) is 9.84 Å². The molecule has 0 aromatic heterocycles. The Hall–Kier alpha value is -1.43. The van der Waals surface area contributed by atoms with Crippen LogP contribution < -0.4 is 0 Å². The summed E-state index contributed by atoms with van der Waals surface area (Å²) in [6.45, 7) is 5.94. The van der Waals surface area contributed by atoms with Crippen LogP contribution in [-0.4, -0.2) is 40.6 Å². The summed E-state index contributed by atoms with van der Waals surface area (Å²) in [4.78, 5) is 32.9. The first-order chi connectivity index (χ1) is 12.3. The normalized spacial score (nSPS) is 26.2. The SMILES string of the molecule is CC(C(=O)O)C1CCC(=O)CC1.CCOC(=O)C(C)C1CCC(O)CC1. The zero-order chi connectivity index (χ0) is 19.7. The van der Waals surface area contributed by atoms with E-state index >= 15 is 0 Å². The van der Waals surface area contributed by atoms with Crippen LogP contribution in [0.1, 0.15) is 72.1 Å². The molecule has 0 aromatic rings. The highest BCUT2D eigenvalue weighted by Crippen LogP contribution is 2.30. The van der Waals surface area contributed by atoms with Crippen molar-refractivity contribution in [3.8, 4) is 0 Å². The number of esters is 1. The van der Waals surface area contributed by atoms with E-state index in [0.29, 0.717) is 25.4 Å². The Morgan fingerprint density at radius 3 is 1.96 bits per heavy atom. The number of ether oxygens (including phenoxy) is 1. The van der Waals surface area contributed by atoms with Crippen molar-refractivity contribution in [1.29, 1.82) is 0 Å². The topological polar surface area (TPSA) is 101 Å². The van der Waals surface area contributed by atoms with Crippen molar-refractivity contribution in [2.24, 2.45) is 23.7 Å². The predicted octanol–water partition coefficient (Wildman–Crippen LogP) is 3.20. The van der Waals surface area contributed by atoms with Gasteiger partial charge in [-0.05, 0) is 57.3 Å². The number of aliphatic hydroxyl groups excluding tert-OH is 1. The molecule has 2 N–H and O–H groups in total. The third kappa shape index (κ3) is 7.44. The Labute approximate surface area is 156 Å². The molecule has 0 radical (unpaired) electrons. The molecule has 2 rings (SSSR count). The van der Waals surface area contributed by atoms with Gasteiger partial charge in [-0.2, -0.15) is 0 Å². The second-order valence-electron chi connectivity index (χ2n) is 7.61. The number of ketones is 1. The number of hydrogen-bond donors (Lipinski definition) is 2. The van der Waals surface area contributed by atoms with Gasteiger partial charge in [-0.1, -0.05) is 13.8 Å². The molecule has 0 aromatic carbocycles. The van der Waals surface area contributed by atoms with E-state index < -0.39 is 5.97 Å². The molecule has 0 heterocycles. The van der Waals surface area contributed by atoms with Gasteiger partial charge >= 0.3 is 11.9 Å². The average molecular weight is 370 g/mol. The molecule has 26 heavy (non-hydrogen) atoms. The summed E-state index contributed by atoms with van der Waals surface area (Å²) < 4.78 is 4.98. The number of aliphatic hydroxyl groups is 1. The summed E-state index contributed by atoms with van der Waals surface area (Å²) in [6, 6.07) is 0. The van der Waals surface area contributed by atoms with E-state index in [1.54, 1.807) is 6.92 Å². The van der Waals surface area contributed by atoms with Crippen LogP contribution in [0.25, 0.3) is 0 Å². The van der Waals surface area contributed by atoms with E-state index in [2.05, 4.69) is 0 Å². The maximum atomic E-state index is 11.4. The summed E-state index contributed by atoms with van der Waals surface area (Å²) in [7, 11) is 0. The van der Waals surface area contributed by atoms with E-state index in [-0.39, 0.29) is 35.6 Å². The number of hydrogen-bond acceptors (Lipinski definition) is 5. The third-order valence-corrected chi connectivity index (χ3v) is 5.79. The number of rotatable bonds is 5. The second-order valence-corrected chi connectivity index (χ2v) is 7.61. The smallest absolute Gasteiger partial charge is 0.308 e. The third-order valence-electron chi connectivity index (χ3n) is 5.79. The first-order valence-electron chi connectivity index (χ1n) is 9.85. The summed E-state index contributed by atoms with van der Waals surface area (Å²) in [5.41, 5.74) is 0. The van der Waals surface area contributed by atoms with Crippen molar-refractivity contribution in [2.45, 2.75) is 78.2 Å². The minimum Gasteiger partial charge on any atom is -0.481 e. The summed E-state index contributed by atoms with van der Waals surface area (Å²) in [6.07, 6.45) is 6.05. The molecule has 2 unspecified atom stereocenters. The van der Waals surface area contributed by atoms with E-state index in [1.165, 1.54) is 0 Å². The van der Waals surface area contributed by atoms with Crippen LogP contribution >= 0.6 is 0 Å². The van der Waals surface area contributed by atoms with E-state index in [0.717, 1.165) is 38.5 Å². The highest BCUT2D eigenvalue weighted by atomic mass is 16.5. The van der Waals surface area contributed by atoms with Crippen LogP contribution in [0, 0.1) is 23.7 Å². The lowest BCUT2D eigenvalue weighted by molar-refractivity contribution is -0.150. The second kappa shape index (κ2) is 11.3. The lowest BCUT2D eigenvalue weighted by Crippen LogP contribution is -2.28. The highest BCUT2D eigenvalue weighted by molar-refractivity contribution is 5.79. The lowest BCUT2D eigenvalue weighted by atomic mass is 9.80. The van der Waals surface area contributed by atoms with E-state index in [9.17, 15) is 19.5 Å². The van der Waals surface area contributed by atoms with Crippen molar-refractivity contribution in [1.82, 2.24) is 0 Å². The molecule has 2 fully saturated rings. The van der Waals surface area contributed by atoms with Gasteiger partial charge in [0.15, 0.2) is 0 Å². The van der Waals surface area contributed by atoms with Crippen molar-refractivity contribution >= 4 is 17.7 Å². The Morgan fingerprint density at radius 2 is 1.50 bits per heavy atom. The van der Waals surface area contributed by atoms with Crippen molar-refractivity contribution in [3.63, 3.8) is 0 Å². The quantitative estimate of drug-likeness (QED) is 0.721. The van der Waals surface area contributed by atoms with Gasteiger partial charge in [0.25, 0.3) is 0 Å². The molecule has 2 aliphatic carbocycles. The molecule has 150 valence electrons. The highest BCUT2D eigenvalue weighted by Gasteiger charge is 2.29. The fraction of sp³-hybridized carbons (Fsp3) is 0.850. The average Bonchev–Trinajstić information content (AvgIpc) is 2.62. The van der Waals surface area contributed by atoms with Crippen LogP contribution in [0.15, 0.2) is 0 Å². The molecular weight excluding hydrogens is 336 g/mol. The van der Waals surface area contributed by atoms with Crippen LogP contribution in [0.3, 0.4) is 0 Å². The molecular formula is C20H34O6. The zero-order valence-electron chi connectivity index (χ0n) is 16.3. The fourth-order valence-electron chi connectivity index (χ4n) is 3.73. The predicted molar refractivity (Wildman–Crippen MR) is 97.5 cm³/mol. The number of carboxylic acid groups (broad SMARTS) is 1. The molecule has 2 atom stereocenters. The molecule has 6 nitrogen and oxygen atoms in total. The van der Waals surface area contributed by atoms with Crippen LogP contribution in [0.4, 0.5) is 0 Å². The van der Waals surface area contributed by atoms with Crippen molar-refractivity contribution in [3.05, 3.63) is 0 Å². The van der Waals surface area contributed by atoms with Gasteiger partial charge in [-0.15, -0.1) is 0 Å². The van der Waals surface area contributed by atoms with Gasteiger partial charge in [0.2, 0.25) is 0 Å². The molecule has 0 amide bonds. The van der Waals surface area contributed by atoms with Crippen LogP contribution in [0.2, 0.25) is 0 Å². The lowest BCUT2D eigenvalue weighted by Gasteiger charge is -2.28. The Bertz CT molecular complexity index is 457. The first kappa shape index (κ1) is 22.6. The summed E-state index contributed by atoms with van der Waals surface area (Å²) >= 11 is 0. The van der Waals surface area contributed by atoms with Gasteiger partial charge < -0.3 is 14.9 Å². The van der Waals surface area contributed by atoms with Gasteiger partial charge in [0, 0.05) is 12.8 Å². The zero-order valence-corrected chi connectivity index (χ0v) is 16.3. The summed E-state index contributed by atoms with van der Waals surface area (Å²) in [5.74, 6) is -0.245. The molecule has 0 saturated heterocycles. The van der Waals surface area contributed by atoms with E-state index in [1.807, 2.05) is 13.8 Å². The maximum absolute atomic E-state index is 11.4. The molecule has 0 aliphatic heterocycles. The van der Waals surface area contributed by atoms with Gasteiger partial charge in [-0.3, -0.25) is 14.4 Å². The minimum atomic E-state index is -0.741. The molecule has 0 spiro atoms. The number of carbonyl (C=O) groups excluding carboxylic acids is 2. The Kier molecular flexibility index (Phi) is 9.84. The van der Waals surface area contributed by atoms with Gasteiger partial charge in [0.05, 0.1) is 24.5 Å². The van der Waals surface area contributed by atoms with Crippen LogP contribution in [0.5, 0.6) is 0 Å². The Morgan fingerprint density at radius 1 is 1.00 bits per heavy atom. The largest absolute Gasteiger partial charge is 0.481 e. The monoisotopic (exact) mass is 370 g/mol. The van der Waals surface area contributed by atoms with Crippen LogP contribution in [-0.2, 0) is 19.1 Å². The molecule has 2 saturated carbocycles. The number of carboxylic acids is 1. The summed E-state index contributed by atoms with van der Waals surface area (Å²) in [5, 5.41) is 18.0. The number of aliphatic carboxylic acids is 1. The minimum absolute atomic E-state index is 0.0116. The fourth-order valence-corrected chi connectivity index (χ4v) is 3.73. The first-order valence-corrected chi connectivity index (χ1v) is 9.85. The van der Waals surface area contributed by atoms with Crippen molar-refractivity contribution in [2.75, 3.05) is 6.61 Å². The maximum Gasteiger partial charge on any atom is 0.308 e. The van der Waals surface area contributed by atoms with Crippen molar-refractivity contribution < 1.29 is 29.3 Å². The Balaban J connectivity index is 0.000000263.